The first-order valence-electron chi connectivity index (χ1n) is 9.29. The highest BCUT2D eigenvalue weighted by Crippen LogP contribution is 2.31. The molecule has 0 bridgehead atoms. The van der Waals surface area contributed by atoms with Crippen LogP contribution in [0.2, 0.25) is 0 Å². The molecule has 1 fully saturated rings. The number of nitro benzene ring substituents is 1. The molecule has 1 aromatic heterocycles. The first kappa shape index (κ1) is 19.6. The van der Waals surface area contributed by atoms with E-state index in [4.69, 9.17) is 5.11 Å². The number of nitrogens with zero attached hydrogens (tertiary/aromatic N) is 3. The number of nitrogens with one attached hydrogen (secondary N) is 3. The van der Waals surface area contributed by atoms with Crippen molar-refractivity contribution < 1.29 is 14.8 Å². The van der Waals surface area contributed by atoms with E-state index in [0.29, 0.717) is 29.8 Å². The Bertz CT molecular complexity index is 831. The molecular formula is C18H24N6O4. The van der Waals surface area contributed by atoms with Crippen molar-refractivity contribution in [1.82, 2.24) is 9.78 Å². The van der Waals surface area contributed by atoms with Crippen LogP contribution in [-0.4, -0.2) is 45.4 Å². The highest BCUT2D eigenvalue weighted by molar-refractivity contribution is 5.93. The van der Waals surface area contributed by atoms with Gasteiger partial charge in [-0.15, -0.1) is 0 Å². The summed E-state index contributed by atoms with van der Waals surface area (Å²) in [6.07, 6.45) is 6.09. The summed E-state index contributed by atoms with van der Waals surface area (Å²) in [5.74, 6) is 0.371. The monoisotopic (exact) mass is 388 g/mol. The quantitative estimate of drug-likeness (QED) is 0.383. The second-order valence-electron chi connectivity index (χ2n) is 6.64. The van der Waals surface area contributed by atoms with Crippen molar-refractivity contribution in [3.8, 4) is 0 Å². The topological polar surface area (TPSA) is 134 Å². The number of anilines is 3. The first-order valence-corrected chi connectivity index (χ1v) is 9.29. The molecule has 2 aromatic rings. The maximum Gasteiger partial charge on any atom is 0.271 e. The summed E-state index contributed by atoms with van der Waals surface area (Å²) >= 11 is 0. The molecule has 0 radical (unpaired) electrons. The molecule has 1 aromatic carbocycles. The summed E-state index contributed by atoms with van der Waals surface area (Å²) in [6.45, 7) is 0.145. The van der Waals surface area contributed by atoms with E-state index in [2.05, 4.69) is 21.0 Å². The van der Waals surface area contributed by atoms with E-state index in [1.807, 2.05) is 4.68 Å². The van der Waals surface area contributed by atoms with E-state index in [-0.39, 0.29) is 24.7 Å². The van der Waals surface area contributed by atoms with Gasteiger partial charge in [0, 0.05) is 24.7 Å². The fourth-order valence-corrected chi connectivity index (χ4v) is 3.35. The molecule has 4 N–H and O–H groups in total. The van der Waals surface area contributed by atoms with Gasteiger partial charge < -0.3 is 21.1 Å². The number of non-ortho nitro benzene ring substituents is 1. The lowest BCUT2D eigenvalue weighted by atomic mass is 10.2. The number of benzene rings is 1. The number of hydrogen-bond donors (Lipinski definition) is 4. The van der Waals surface area contributed by atoms with Gasteiger partial charge >= 0.3 is 0 Å². The molecule has 1 aliphatic rings. The lowest BCUT2D eigenvalue weighted by Gasteiger charge is -2.16. The van der Waals surface area contributed by atoms with E-state index in [1.54, 1.807) is 18.3 Å². The van der Waals surface area contributed by atoms with Gasteiger partial charge in [0.15, 0.2) is 0 Å². The van der Waals surface area contributed by atoms with E-state index in [1.165, 1.54) is 12.1 Å². The number of hydrogen-bond acceptors (Lipinski definition) is 7. The average Bonchev–Trinajstić information content (AvgIpc) is 3.36. The van der Waals surface area contributed by atoms with Crippen LogP contribution in [0.15, 0.2) is 30.5 Å². The maximum atomic E-state index is 12.4. The summed E-state index contributed by atoms with van der Waals surface area (Å²) in [5.41, 5.74) is 0.905. The van der Waals surface area contributed by atoms with Gasteiger partial charge in [0.25, 0.3) is 5.69 Å². The first-order chi connectivity index (χ1) is 13.6. The number of aromatic nitrogens is 2. The minimum Gasteiger partial charge on any atom is -0.395 e. The SMILES string of the molecule is O=C(CNc1cc([N+](=O)[O-])ccc1NCCO)Nc1ccnn1C1CCCC1. The van der Waals surface area contributed by atoms with Gasteiger partial charge in [-0.25, -0.2) is 4.68 Å². The lowest BCUT2D eigenvalue weighted by molar-refractivity contribution is -0.384. The smallest absolute Gasteiger partial charge is 0.271 e. The van der Waals surface area contributed by atoms with E-state index >= 15 is 0 Å². The van der Waals surface area contributed by atoms with Crippen molar-refractivity contribution in [2.75, 3.05) is 35.6 Å². The molecule has 0 unspecified atom stereocenters. The Labute approximate surface area is 162 Å². The zero-order chi connectivity index (χ0) is 19.9. The Morgan fingerprint density at radius 1 is 1.25 bits per heavy atom. The fraction of sp³-hybridized carbons (Fsp3) is 0.444. The summed E-state index contributed by atoms with van der Waals surface area (Å²) < 4.78 is 1.85. The third-order valence-corrected chi connectivity index (χ3v) is 4.69. The normalized spacial score (nSPS) is 14.0. The zero-order valence-corrected chi connectivity index (χ0v) is 15.4. The summed E-state index contributed by atoms with van der Waals surface area (Å²) in [5, 5.41) is 33.1. The second-order valence-corrected chi connectivity index (χ2v) is 6.64. The van der Waals surface area contributed by atoms with Crippen molar-refractivity contribution >= 4 is 28.8 Å². The number of rotatable bonds is 9. The molecule has 0 atom stereocenters. The van der Waals surface area contributed by atoms with Crippen LogP contribution in [0.1, 0.15) is 31.7 Å². The molecule has 1 amide bonds. The fourth-order valence-electron chi connectivity index (χ4n) is 3.35. The van der Waals surface area contributed by atoms with E-state index in [9.17, 15) is 14.9 Å². The van der Waals surface area contributed by atoms with Gasteiger partial charge in [0.1, 0.15) is 5.82 Å². The Morgan fingerprint density at radius 3 is 2.75 bits per heavy atom. The molecule has 0 spiro atoms. The number of aliphatic hydroxyl groups is 1. The molecule has 10 heteroatoms. The third kappa shape index (κ3) is 4.77. The molecular weight excluding hydrogens is 364 g/mol. The van der Waals surface area contributed by atoms with Crippen LogP contribution in [0.5, 0.6) is 0 Å². The third-order valence-electron chi connectivity index (χ3n) is 4.69. The predicted molar refractivity (Wildman–Crippen MR) is 106 cm³/mol. The van der Waals surface area contributed by atoms with Gasteiger partial charge in [-0.3, -0.25) is 14.9 Å². The Morgan fingerprint density at radius 2 is 2.04 bits per heavy atom. The summed E-state index contributed by atoms with van der Waals surface area (Å²) in [6, 6.07) is 6.34. The number of carbonyl (C=O) groups is 1. The Balaban J connectivity index is 1.64. The van der Waals surface area contributed by atoms with Crippen LogP contribution in [0.4, 0.5) is 22.9 Å². The van der Waals surface area contributed by atoms with Crippen molar-refractivity contribution in [2.24, 2.45) is 0 Å². The molecule has 150 valence electrons. The molecule has 10 nitrogen and oxygen atoms in total. The van der Waals surface area contributed by atoms with Gasteiger partial charge in [-0.1, -0.05) is 12.8 Å². The molecule has 28 heavy (non-hydrogen) atoms. The number of aliphatic hydroxyl groups excluding tert-OH is 1. The molecule has 0 aliphatic heterocycles. The van der Waals surface area contributed by atoms with Gasteiger partial charge in [-0.05, 0) is 18.9 Å². The Kier molecular flexibility index (Phi) is 6.43. The van der Waals surface area contributed by atoms with Crippen LogP contribution in [0, 0.1) is 10.1 Å². The van der Waals surface area contributed by atoms with Gasteiger partial charge in [0.2, 0.25) is 5.91 Å². The highest BCUT2D eigenvalue weighted by atomic mass is 16.6. The van der Waals surface area contributed by atoms with E-state index < -0.39 is 4.92 Å². The number of amides is 1. The van der Waals surface area contributed by atoms with Crippen molar-refractivity contribution in [2.45, 2.75) is 31.7 Å². The predicted octanol–water partition coefficient (Wildman–Crippen LogP) is 2.36. The average molecular weight is 388 g/mol. The molecule has 1 aliphatic carbocycles. The van der Waals surface area contributed by atoms with Crippen LogP contribution in [0.3, 0.4) is 0 Å². The second kappa shape index (κ2) is 9.18. The number of nitro groups is 1. The molecule has 1 heterocycles. The van der Waals surface area contributed by atoms with Crippen LogP contribution in [-0.2, 0) is 4.79 Å². The van der Waals surface area contributed by atoms with Crippen LogP contribution >= 0.6 is 0 Å². The van der Waals surface area contributed by atoms with Crippen LogP contribution < -0.4 is 16.0 Å². The summed E-state index contributed by atoms with van der Waals surface area (Å²) in [7, 11) is 0. The van der Waals surface area contributed by atoms with E-state index in [0.717, 1.165) is 25.7 Å². The zero-order valence-electron chi connectivity index (χ0n) is 15.4. The minimum atomic E-state index is -0.499. The van der Waals surface area contributed by atoms with Crippen molar-refractivity contribution in [3.63, 3.8) is 0 Å². The highest BCUT2D eigenvalue weighted by Gasteiger charge is 2.20. The van der Waals surface area contributed by atoms with Crippen molar-refractivity contribution in [1.29, 1.82) is 0 Å². The number of carbonyl (C=O) groups excluding carboxylic acids is 1. The van der Waals surface area contributed by atoms with Gasteiger partial charge in [-0.2, -0.15) is 5.10 Å². The van der Waals surface area contributed by atoms with Gasteiger partial charge in [0.05, 0.1) is 41.7 Å². The maximum absolute atomic E-state index is 12.4. The largest absolute Gasteiger partial charge is 0.395 e. The molecule has 3 rings (SSSR count). The summed E-state index contributed by atoms with van der Waals surface area (Å²) in [4.78, 5) is 22.9. The lowest BCUT2D eigenvalue weighted by Crippen LogP contribution is -2.24. The molecule has 0 saturated heterocycles. The standard InChI is InChI=1S/C18H24N6O4/c25-10-9-19-15-6-5-14(24(27)28)11-16(15)20-12-18(26)22-17-7-8-21-23(17)13-3-1-2-4-13/h5-8,11,13,19-20,25H,1-4,9-10,12H2,(H,22,26). The minimum absolute atomic E-state index is 0.0647. The van der Waals surface area contributed by atoms with Crippen LogP contribution in [0.25, 0.3) is 0 Å². The molecule has 1 saturated carbocycles. The Hall–Kier alpha value is -3.14. The van der Waals surface area contributed by atoms with Crippen molar-refractivity contribution in [3.05, 3.63) is 40.6 Å².